The maximum absolute atomic E-state index is 12.4. The summed E-state index contributed by atoms with van der Waals surface area (Å²) in [7, 11) is -0.833. The number of aldehydes is 1. The molecule has 0 aliphatic rings. The van der Waals surface area contributed by atoms with Gasteiger partial charge in [0.2, 0.25) is 5.91 Å². The summed E-state index contributed by atoms with van der Waals surface area (Å²) in [5.41, 5.74) is 8.12. The van der Waals surface area contributed by atoms with Gasteiger partial charge in [-0.3, -0.25) is 24.7 Å². The Bertz CT molecular complexity index is 1390. The first kappa shape index (κ1) is 63.7. The van der Waals surface area contributed by atoms with Gasteiger partial charge >= 0.3 is 20.6 Å². The van der Waals surface area contributed by atoms with Gasteiger partial charge in [-0.1, -0.05) is 135 Å². The van der Waals surface area contributed by atoms with Crippen molar-refractivity contribution >= 4 is 38.5 Å². The zero-order chi connectivity index (χ0) is 45.9. The minimum absolute atomic E-state index is 0. The summed E-state index contributed by atoms with van der Waals surface area (Å²) in [6, 6.07) is 19.1. The number of carbonyl (C=O) groups is 4. The molecule has 0 aromatic heterocycles. The molecule has 0 saturated carbocycles. The average molecular weight is 851 g/mol. The van der Waals surface area contributed by atoms with Gasteiger partial charge in [0.1, 0.15) is 25.0 Å². The van der Waals surface area contributed by atoms with E-state index in [1.807, 2.05) is 74.4 Å². The van der Waals surface area contributed by atoms with E-state index in [9.17, 15) is 19.2 Å². The van der Waals surface area contributed by atoms with Crippen LogP contribution < -0.4 is 16.4 Å². The minimum Gasteiger partial charge on any atom is -0.480 e. The number of hydrogen-bond donors (Lipinski definition) is 5. The Balaban J connectivity index is -0.000000233. The summed E-state index contributed by atoms with van der Waals surface area (Å²) in [5.74, 6) is -1.08. The Kier molecular flexibility index (Phi) is 40.8. The van der Waals surface area contributed by atoms with Crippen LogP contribution in [0.5, 0.6) is 0 Å². The number of carboxylic acid groups (broad SMARTS) is 1. The Labute approximate surface area is 355 Å². The molecule has 0 bridgehead atoms. The summed E-state index contributed by atoms with van der Waals surface area (Å²) in [5, 5.41) is 14.3. The first-order valence-corrected chi connectivity index (χ1v) is 19.9. The summed E-state index contributed by atoms with van der Waals surface area (Å²) in [6.45, 7) is 27.4. The van der Waals surface area contributed by atoms with Crippen LogP contribution in [0.4, 0.5) is 0 Å². The van der Waals surface area contributed by atoms with Crippen LogP contribution in [0.25, 0.3) is 0 Å². The van der Waals surface area contributed by atoms with Crippen LogP contribution in [0.3, 0.4) is 0 Å². The lowest BCUT2D eigenvalue weighted by atomic mass is 9.99. The molecule has 15 heteroatoms. The smallest absolute Gasteiger partial charge is 0.324 e. The summed E-state index contributed by atoms with van der Waals surface area (Å²) in [6.07, 6.45) is 5.30. The Morgan fingerprint density at radius 1 is 0.881 bits per heavy atom. The fraction of sp³-hybridized carbons (Fsp3) is 0.568. The Hall–Kier alpha value is -4.49. The fourth-order valence-electron chi connectivity index (χ4n) is 4.29. The van der Waals surface area contributed by atoms with Gasteiger partial charge in [0.25, 0.3) is 0 Å². The van der Waals surface area contributed by atoms with Gasteiger partial charge in [-0.05, 0) is 60.3 Å². The van der Waals surface area contributed by atoms with Gasteiger partial charge in [-0.25, -0.2) is 4.57 Å². The van der Waals surface area contributed by atoms with E-state index in [2.05, 4.69) is 86.5 Å². The van der Waals surface area contributed by atoms with Crippen LogP contribution in [0, 0.1) is 21.8 Å². The van der Waals surface area contributed by atoms with Gasteiger partial charge in [-0.15, -0.1) is 0 Å². The number of amides is 1. The van der Waals surface area contributed by atoms with Crippen LogP contribution in [0.15, 0.2) is 78.3 Å². The van der Waals surface area contributed by atoms with Crippen LogP contribution in [0.2, 0.25) is 0 Å². The second-order valence-electron chi connectivity index (χ2n) is 15.4. The molecule has 2 rings (SSSR count). The number of hydrogen-bond acceptors (Lipinski definition) is 11. The maximum atomic E-state index is 12.4. The van der Waals surface area contributed by atoms with E-state index < -0.39 is 32.8 Å². The normalized spacial score (nSPS) is 11.7. The minimum atomic E-state index is -0.910. The van der Waals surface area contributed by atoms with Crippen LogP contribution in [-0.4, -0.2) is 75.7 Å². The van der Waals surface area contributed by atoms with Gasteiger partial charge in [-0.2, -0.15) is 0 Å². The van der Waals surface area contributed by atoms with E-state index in [4.69, 9.17) is 40.0 Å². The number of carboxylic acids is 1. The molecule has 6 N–H and O–H groups in total. The van der Waals surface area contributed by atoms with Crippen molar-refractivity contribution in [2.45, 2.75) is 145 Å². The van der Waals surface area contributed by atoms with Crippen molar-refractivity contribution in [3.8, 4) is 0 Å². The fourth-order valence-corrected chi connectivity index (χ4v) is 4.29. The topological polar surface area (TPSA) is 232 Å². The lowest BCUT2D eigenvalue weighted by Gasteiger charge is -2.30. The van der Waals surface area contributed by atoms with E-state index in [1.54, 1.807) is 0 Å². The molecular formula is C44H75N4O10P. The Morgan fingerprint density at radius 2 is 1.29 bits per heavy atom. The van der Waals surface area contributed by atoms with Crippen molar-refractivity contribution in [2.24, 2.45) is 22.6 Å². The highest BCUT2D eigenvalue weighted by Gasteiger charge is 2.30. The third-order valence-electron chi connectivity index (χ3n) is 6.76. The zero-order valence-corrected chi connectivity index (χ0v) is 37.6. The lowest BCUT2D eigenvalue weighted by molar-refractivity contribution is -0.145. The molecule has 2 aromatic carbocycles. The second-order valence-corrected chi connectivity index (χ2v) is 15.6. The average Bonchev–Trinajstić information content (AvgIpc) is 3.16. The molecular weight excluding hydrogens is 775 g/mol. The summed E-state index contributed by atoms with van der Waals surface area (Å²) in [4.78, 5) is 69.8. The van der Waals surface area contributed by atoms with Crippen molar-refractivity contribution < 1.29 is 38.5 Å². The van der Waals surface area contributed by atoms with Gasteiger partial charge < -0.3 is 30.6 Å². The van der Waals surface area contributed by atoms with Crippen LogP contribution >= 0.6 is 8.69 Å². The third-order valence-corrected chi connectivity index (χ3v) is 6.76. The Morgan fingerprint density at radius 3 is 1.56 bits per heavy atom. The molecule has 2 aromatic rings. The molecule has 1 unspecified atom stereocenters. The number of carbonyl (C=O) groups excluding carboxylic acids is 3. The maximum Gasteiger partial charge on any atom is 0.324 e. The third kappa shape index (κ3) is 37.5. The first-order valence-electron chi connectivity index (χ1n) is 19.2. The largest absolute Gasteiger partial charge is 0.480 e. The molecule has 1 amide bonds. The van der Waals surface area contributed by atoms with Crippen LogP contribution in [-0.2, 0) is 28.5 Å². The quantitative estimate of drug-likeness (QED) is 0.0373. The number of nitrogens with zero attached hydrogens (tertiary/aromatic N) is 1. The molecule has 0 heterocycles. The molecule has 59 heavy (non-hydrogen) atoms. The molecule has 0 aliphatic heterocycles. The number of ether oxygens (including phenoxy) is 1. The van der Waals surface area contributed by atoms with Crippen molar-refractivity contribution in [3.05, 3.63) is 94.4 Å². The van der Waals surface area contributed by atoms with Crippen molar-refractivity contribution in [2.75, 3.05) is 6.61 Å². The van der Waals surface area contributed by atoms with Gasteiger partial charge in [0.05, 0.1) is 17.3 Å². The number of rotatable bonds is 15. The highest BCUT2D eigenvalue weighted by atomic mass is 31.1. The second kappa shape index (κ2) is 37.8. The van der Waals surface area contributed by atoms with Crippen LogP contribution in [0.1, 0.15) is 127 Å². The van der Waals surface area contributed by atoms with E-state index >= 15 is 0 Å². The monoisotopic (exact) mass is 851 g/mol. The van der Waals surface area contributed by atoms with Crippen molar-refractivity contribution in [3.63, 3.8) is 0 Å². The predicted octanol–water partition coefficient (Wildman–Crippen LogP) is 8.66. The highest BCUT2D eigenvalue weighted by molar-refractivity contribution is 7.16. The van der Waals surface area contributed by atoms with Crippen molar-refractivity contribution in [1.29, 1.82) is 0 Å². The SMILES string of the molecule is C.C=CCOC(=O)[C@H](CCC)NC(C(=O)NC(C)(C)C)C(C)C.CC(C)(C)N=C(c1ccccc1)c1ccccc1.CC(C)C=O.CCC[C@H](N)C(=O)O.O=O.O=PO. The van der Waals surface area contributed by atoms with Crippen molar-refractivity contribution in [1.82, 2.24) is 10.6 Å². The summed E-state index contributed by atoms with van der Waals surface area (Å²) >= 11 is 0. The molecule has 0 spiro atoms. The van der Waals surface area contributed by atoms with E-state index in [1.165, 1.54) is 17.2 Å². The predicted molar refractivity (Wildman–Crippen MR) is 242 cm³/mol. The zero-order valence-electron chi connectivity index (χ0n) is 36.7. The molecule has 0 saturated heterocycles. The lowest BCUT2D eigenvalue weighted by Crippen LogP contribution is -2.56. The highest BCUT2D eigenvalue weighted by Crippen LogP contribution is 2.16. The van der Waals surface area contributed by atoms with E-state index in [-0.39, 0.29) is 48.8 Å². The number of aliphatic carboxylic acids is 1. The first-order chi connectivity index (χ1) is 27.0. The molecule has 0 fully saturated rings. The standard InChI is InChI=1S/C17H32N2O3.C17H19N.C5H11NO2.C4H8O.CH4.HO2P.O2/c1-8-10-13(16(21)22-11-9-2)18-14(12(3)4)15(20)19-17(5,6)7;1-17(2,3)18-16(14-10-6-4-7-11-14)15-12-8-5-9-13-15;1-2-3-4(6)5(7)8;1-4(2)3-5;;1-3-2;1-2/h9,12-14,18H,2,8,10-11H2,1,3-7H3,(H,19,20);4-13H,1-3H3;4H,2-3,6H2,1H3,(H,7,8);3-4H,1-2H3;1H4;(H,1,2);/t13-,14?;;4-;;;;/m0.0..../s1. The van der Waals surface area contributed by atoms with E-state index in [0.717, 1.165) is 24.8 Å². The van der Waals surface area contributed by atoms with E-state index in [0.29, 0.717) is 12.8 Å². The molecule has 14 nitrogen and oxygen atoms in total. The van der Waals surface area contributed by atoms with Gasteiger partial charge in [0, 0.05) is 32.5 Å². The molecule has 3 atom stereocenters. The number of esters is 1. The number of aliphatic imine (C=N–C) groups is 1. The molecule has 336 valence electrons. The molecule has 0 aliphatic carbocycles. The number of benzene rings is 2. The summed E-state index contributed by atoms with van der Waals surface area (Å²) < 4.78 is 13.6. The molecule has 0 radical (unpaired) electrons. The van der Waals surface area contributed by atoms with Gasteiger partial charge in [0.15, 0.2) is 0 Å². The number of nitrogens with two attached hydrogens (primary N) is 1. The number of nitrogens with one attached hydrogen (secondary N) is 2.